The number of aliphatic carboxylic acids is 1. The average molecular weight is 396 g/mol. The van der Waals surface area contributed by atoms with Crippen molar-refractivity contribution in [2.75, 3.05) is 0 Å². The Hall–Kier alpha value is -1.54. The summed E-state index contributed by atoms with van der Waals surface area (Å²) in [5.74, 6) is -1.09. The molecule has 150 valence electrons. The van der Waals surface area contributed by atoms with Crippen LogP contribution in [0.2, 0.25) is 0 Å². The molecule has 1 aliphatic rings. The third-order valence-corrected chi connectivity index (χ3v) is 5.78. The van der Waals surface area contributed by atoms with Gasteiger partial charge < -0.3 is 20.4 Å². The molecule has 0 unspecified atom stereocenters. The summed E-state index contributed by atoms with van der Waals surface area (Å²) >= 11 is 1.57. The summed E-state index contributed by atoms with van der Waals surface area (Å²) in [5, 5.41) is 42.1. The number of aliphatic hydroxyl groups is 3. The van der Waals surface area contributed by atoms with E-state index in [-0.39, 0.29) is 18.3 Å². The first-order chi connectivity index (χ1) is 13.0. The number of hydrogen-bond donors (Lipinski definition) is 4. The van der Waals surface area contributed by atoms with E-state index >= 15 is 0 Å². The van der Waals surface area contributed by atoms with E-state index in [2.05, 4.69) is 4.98 Å². The SMILES string of the molecule is O=C(O)CCC/C=C\C[C@@H]1[C@@H](/C=C/[C@H](O)CCc2nccs2)[C@H](O)C[C@@H]1O. The van der Waals surface area contributed by atoms with Crippen molar-refractivity contribution in [3.8, 4) is 0 Å². The Kier molecular flexibility index (Phi) is 9.14. The van der Waals surface area contributed by atoms with Gasteiger partial charge in [-0.2, -0.15) is 0 Å². The van der Waals surface area contributed by atoms with Crippen molar-refractivity contribution in [2.45, 2.75) is 63.3 Å². The molecular weight excluding hydrogens is 366 g/mol. The highest BCUT2D eigenvalue weighted by Crippen LogP contribution is 2.36. The van der Waals surface area contributed by atoms with Crippen LogP contribution in [0.3, 0.4) is 0 Å². The van der Waals surface area contributed by atoms with Gasteiger partial charge in [0.05, 0.1) is 23.3 Å². The molecule has 2 rings (SSSR count). The standard InChI is InChI=1S/C20H29NO5S/c22-14(8-10-19-21-11-12-27-19)7-9-16-15(17(23)13-18(16)24)5-3-1-2-4-6-20(25)26/h1,3,7,9,11-12,14-18,22-24H,2,4-6,8,10,13H2,(H,25,26)/b3-1-,9-7+/t14-,15+,16+,17-,18+/m0/s1. The van der Waals surface area contributed by atoms with Gasteiger partial charge in [-0.1, -0.05) is 24.3 Å². The molecule has 0 bridgehead atoms. The van der Waals surface area contributed by atoms with Crippen molar-refractivity contribution in [2.24, 2.45) is 11.8 Å². The maximum atomic E-state index is 10.5. The van der Waals surface area contributed by atoms with Gasteiger partial charge >= 0.3 is 5.97 Å². The number of carboxylic acids is 1. The largest absolute Gasteiger partial charge is 0.481 e. The monoisotopic (exact) mass is 395 g/mol. The molecule has 1 saturated carbocycles. The van der Waals surface area contributed by atoms with Gasteiger partial charge in [0.2, 0.25) is 0 Å². The third-order valence-electron chi connectivity index (χ3n) is 4.95. The number of thiazole rings is 1. The second kappa shape index (κ2) is 11.3. The van der Waals surface area contributed by atoms with Crippen molar-refractivity contribution in [1.82, 2.24) is 4.98 Å². The zero-order valence-electron chi connectivity index (χ0n) is 15.4. The van der Waals surface area contributed by atoms with Crippen LogP contribution in [0, 0.1) is 11.8 Å². The van der Waals surface area contributed by atoms with Crippen LogP contribution in [0.5, 0.6) is 0 Å². The van der Waals surface area contributed by atoms with Crippen LogP contribution in [0.4, 0.5) is 0 Å². The van der Waals surface area contributed by atoms with Gasteiger partial charge in [-0.15, -0.1) is 11.3 Å². The molecule has 7 heteroatoms. The van der Waals surface area contributed by atoms with Gasteiger partial charge in [-0.3, -0.25) is 4.79 Å². The molecule has 0 amide bonds. The van der Waals surface area contributed by atoms with Crippen molar-refractivity contribution in [1.29, 1.82) is 0 Å². The molecule has 5 atom stereocenters. The molecule has 1 heterocycles. The van der Waals surface area contributed by atoms with Gasteiger partial charge in [-0.25, -0.2) is 4.98 Å². The first-order valence-corrected chi connectivity index (χ1v) is 10.3. The minimum atomic E-state index is -0.795. The molecule has 0 spiro atoms. The quantitative estimate of drug-likeness (QED) is 0.338. The molecule has 1 aromatic heterocycles. The number of rotatable bonds is 11. The van der Waals surface area contributed by atoms with Gasteiger partial charge in [0.1, 0.15) is 0 Å². The predicted octanol–water partition coefficient (Wildman–Crippen LogP) is 2.55. The number of allylic oxidation sites excluding steroid dienone is 2. The zero-order chi connectivity index (χ0) is 19.6. The first kappa shape index (κ1) is 21.8. The van der Waals surface area contributed by atoms with Crippen LogP contribution in [0.15, 0.2) is 35.9 Å². The van der Waals surface area contributed by atoms with E-state index in [1.165, 1.54) is 0 Å². The second-order valence-electron chi connectivity index (χ2n) is 7.02. The molecule has 1 aliphatic carbocycles. The topological polar surface area (TPSA) is 111 Å². The highest BCUT2D eigenvalue weighted by Gasteiger charge is 2.39. The summed E-state index contributed by atoms with van der Waals surface area (Å²) in [6.07, 6.45) is 11.0. The summed E-state index contributed by atoms with van der Waals surface area (Å²) in [4.78, 5) is 14.7. The van der Waals surface area contributed by atoms with E-state index in [0.29, 0.717) is 38.5 Å². The fourth-order valence-electron chi connectivity index (χ4n) is 3.45. The van der Waals surface area contributed by atoms with E-state index in [9.17, 15) is 20.1 Å². The molecule has 0 aliphatic heterocycles. The Morgan fingerprint density at radius 1 is 1.33 bits per heavy atom. The molecule has 1 aromatic rings. The first-order valence-electron chi connectivity index (χ1n) is 9.45. The number of aryl methyl sites for hydroxylation is 1. The molecule has 0 aromatic carbocycles. The highest BCUT2D eigenvalue weighted by atomic mass is 32.1. The zero-order valence-corrected chi connectivity index (χ0v) is 16.2. The Morgan fingerprint density at radius 3 is 2.85 bits per heavy atom. The number of carbonyl (C=O) groups is 1. The summed E-state index contributed by atoms with van der Waals surface area (Å²) in [6.45, 7) is 0. The lowest BCUT2D eigenvalue weighted by Gasteiger charge is -2.19. The number of aromatic nitrogens is 1. The van der Waals surface area contributed by atoms with E-state index in [0.717, 1.165) is 5.01 Å². The maximum Gasteiger partial charge on any atom is 0.303 e. The van der Waals surface area contributed by atoms with Gasteiger partial charge in [0.25, 0.3) is 0 Å². The summed E-state index contributed by atoms with van der Waals surface area (Å²) in [5.41, 5.74) is 0. The smallest absolute Gasteiger partial charge is 0.303 e. The van der Waals surface area contributed by atoms with Gasteiger partial charge in [-0.05, 0) is 31.6 Å². The molecule has 0 radical (unpaired) electrons. The number of nitrogens with zero attached hydrogens (tertiary/aromatic N) is 1. The van der Waals surface area contributed by atoms with Crippen molar-refractivity contribution >= 4 is 17.3 Å². The molecule has 1 fully saturated rings. The van der Waals surface area contributed by atoms with Crippen molar-refractivity contribution in [3.63, 3.8) is 0 Å². The molecule has 27 heavy (non-hydrogen) atoms. The van der Waals surface area contributed by atoms with Crippen molar-refractivity contribution < 1.29 is 25.2 Å². The van der Waals surface area contributed by atoms with Gasteiger partial charge in [0, 0.05) is 36.8 Å². The normalized spacial score (nSPS) is 26.9. The number of unbranched alkanes of at least 4 members (excludes halogenated alkanes) is 1. The second-order valence-corrected chi connectivity index (χ2v) is 8.00. The summed E-state index contributed by atoms with van der Waals surface area (Å²) in [7, 11) is 0. The Labute approximate surface area is 163 Å². The molecule has 4 N–H and O–H groups in total. The Bertz CT molecular complexity index is 616. The lowest BCUT2D eigenvalue weighted by atomic mass is 9.89. The van der Waals surface area contributed by atoms with Crippen LogP contribution in [-0.2, 0) is 11.2 Å². The number of hydrogen-bond acceptors (Lipinski definition) is 6. The van der Waals surface area contributed by atoms with E-state index in [4.69, 9.17) is 5.11 Å². The average Bonchev–Trinajstić information content (AvgIpc) is 3.22. The van der Waals surface area contributed by atoms with Crippen molar-refractivity contribution in [3.05, 3.63) is 40.9 Å². The Balaban J connectivity index is 1.81. The maximum absolute atomic E-state index is 10.5. The van der Waals surface area contributed by atoms with Crippen LogP contribution >= 0.6 is 11.3 Å². The minimum Gasteiger partial charge on any atom is -0.481 e. The summed E-state index contributed by atoms with van der Waals surface area (Å²) < 4.78 is 0. The summed E-state index contributed by atoms with van der Waals surface area (Å²) in [6, 6.07) is 0. The van der Waals surface area contributed by atoms with E-state index < -0.39 is 24.3 Å². The number of aliphatic hydroxyl groups excluding tert-OH is 3. The molecule has 0 saturated heterocycles. The Morgan fingerprint density at radius 2 is 2.15 bits per heavy atom. The molecular formula is C20H29NO5S. The minimum absolute atomic E-state index is 0.0989. The number of carboxylic acid groups (broad SMARTS) is 1. The fraction of sp³-hybridized carbons (Fsp3) is 0.600. The van der Waals surface area contributed by atoms with Crippen LogP contribution in [0.1, 0.15) is 43.5 Å². The predicted molar refractivity (Wildman–Crippen MR) is 104 cm³/mol. The van der Waals surface area contributed by atoms with Gasteiger partial charge in [0.15, 0.2) is 0 Å². The van der Waals surface area contributed by atoms with Crippen LogP contribution in [-0.4, -0.2) is 49.7 Å². The van der Waals surface area contributed by atoms with Crippen LogP contribution < -0.4 is 0 Å². The fourth-order valence-corrected chi connectivity index (χ4v) is 4.09. The van der Waals surface area contributed by atoms with E-state index in [1.807, 2.05) is 23.6 Å². The highest BCUT2D eigenvalue weighted by molar-refractivity contribution is 7.09. The third kappa shape index (κ3) is 7.54. The lowest BCUT2D eigenvalue weighted by molar-refractivity contribution is -0.137. The van der Waals surface area contributed by atoms with Crippen LogP contribution in [0.25, 0.3) is 0 Å². The lowest BCUT2D eigenvalue weighted by Crippen LogP contribution is -2.20. The van der Waals surface area contributed by atoms with E-state index in [1.54, 1.807) is 23.6 Å². The molecule has 6 nitrogen and oxygen atoms in total.